The third kappa shape index (κ3) is 4.81. The number of fused-ring (bicyclic) bond motifs is 7. The Balaban J connectivity index is 1.12. The Bertz CT molecular complexity index is 2850. The van der Waals surface area contributed by atoms with Crippen LogP contribution in [0.3, 0.4) is 0 Å². The maximum Gasteiger partial charge on any atom is 0.136 e. The topological polar surface area (TPSA) is 16.4 Å². The maximum absolute atomic E-state index is 6.25. The van der Waals surface area contributed by atoms with Gasteiger partial charge >= 0.3 is 0 Å². The minimum absolute atomic E-state index is 0.917. The fourth-order valence-electron chi connectivity index (χ4n) is 7.45. The smallest absolute Gasteiger partial charge is 0.136 e. The SMILES string of the molecule is c1ccc(-c2ccc(N(c3ccc(-c4ccc5ccccc5c4)cc3)c3ccc4ccc5cc6oc7ccccc7c6cc5c4c3)cc2)cc1. The number of benzene rings is 9. The van der Waals surface area contributed by atoms with E-state index in [2.05, 4.69) is 181 Å². The zero-order valence-corrected chi connectivity index (χ0v) is 27.3. The molecule has 2 nitrogen and oxygen atoms in total. The van der Waals surface area contributed by atoms with Crippen LogP contribution in [0, 0.1) is 0 Å². The molecule has 0 atom stereocenters. The Morgan fingerprint density at radius 2 is 0.840 bits per heavy atom. The Morgan fingerprint density at radius 3 is 1.64 bits per heavy atom. The molecule has 1 aromatic heterocycles. The summed E-state index contributed by atoms with van der Waals surface area (Å²) in [6.45, 7) is 0. The molecule has 0 spiro atoms. The second kappa shape index (κ2) is 11.5. The predicted molar refractivity (Wildman–Crippen MR) is 212 cm³/mol. The predicted octanol–water partition coefficient (Wildman–Crippen LogP) is 13.8. The molecule has 0 amide bonds. The van der Waals surface area contributed by atoms with Gasteiger partial charge in [-0.1, -0.05) is 127 Å². The fraction of sp³-hybridized carbons (Fsp3) is 0. The lowest BCUT2D eigenvalue weighted by Crippen LogP contribution is -2.09. The number of hydrogen-bond donors (Lipinski definition) is 0. The third-order valence-corrected chi connectivity index (χ3v) is 10.0. The second-order valence-corrected chi connectivity index (χ2v) is 13.0. The summed E-state index contributed by atoms with van der Waals surface area (Å²) in [5.74, 6) is 0. The summed E-state index contributed by atoms with van der Waals surface area (Å²) in [4.78, 5) is 2.36. The van der Waals surface area contributed by atoms with Crippen LogP contribution in [0.15, 0.2) is 192 Å². The van der Waals surface area contributed by atoms with Crippen LogP contribution in [-0.2, 0) is 0 Å². The van der Waals surface area contributed by atoms with Gasteiger partial charge < -0.3 is 9.32 Å². The first kappa shape index (κ1) is 28.4. The molecule has 0 saturated carbocycles. The number of anilines is 3. The number of rotatable bonds is 5. The zero-order chi connectivity index (χ0) is 33.0. The highest BCUT2D eigenvalue weighted by Gasteiger charge is 2.16. The van der Waals surface area contributed by atoms with Gasteiger partial charge in [0, 0.05) is 27.8 Å². The molecule has 0 N–H and O–H groups in total. The highest BCUT2D eigenvalue weighted by atomic mass is 16.3. The van der Waals surface area contributed by atoms with E-state index in [0.29, 0.717) is 0 Å². The van der Waals surface area contributed by atoms with Crippen molar-refractivity contribution >= 4 is 71.3 Å². The van der Waals surface area contributed by atoms with Crippen molar-refractivity contribution in [3.63, 3.8) is 0 Å². The average Bonchev–Trinajstić information content (AvgIpc) is 3.55. The quantitative estimate of drug-likeness (QED) is 0.175. The first-order chi connectivity index (χ1) is 24.7. The lowest BCUT2D eigenvalue weighted by molar-refractivity contribution is 0.669. The lowest BCUT2D eigenvalue weighted by Gasteiger charge is -2.26. The molecule has 234 valence electrons. The third-order valence-electron chi connectivity index (χ3n) is 10.0. The van der Waals surface area contributed by atoms with Crippen LogP contribution in [0.5, 0.6) is 0 Å². The van der Waals surface area contributed by atoms with Crippen LogP contribution in [-0.4, -0.2) is 0 Å². The summed E-state index contributed by atoms with van der Waals surface area (Å²) in [7, 11) is 0. The summed E-state index contributed by atoms with van der Waals surface area (Å²) in [5.41, 5.74) is 9.95. The van der Waals surface area contributed by atoms with E-state index in [0.717, 1.165) is 39.0 Å². The number of nitrogens with zero attached hydrogens (tertiary/aromatic N) is 1. The van der Waals surface area contributed by atoms with Crippen LogP contribution in [0.25, 0.3) is 76.5 Å². The number of para-hydroxylation sites is 1. The molecule has 1 heterocycles. The van der Waals surface area contributed by atoms with Gasteiger partial charge in [0.05, 0.1) is 0 Å². The molecular formula is C48H31NO. The molecule has 0 bridgehead atoms. The Morgan fingerprint density at radius 1 is 0.280 bits per heavy atom. The van der Waals surface area contributed by atoms with Gasteiger partial charge in [-0.2, -0.15) is 0 Å². The molecule has 10 rings (SSSR count). The van der Waals surface area contributed by atoms with E-state index in [1.54, 1.807) is 0 Å². The molecule has 0 radical (unpaired) electrons. The van der Waals surface area contributed by atoms with Gasteiger partial charge in [-0.05, 0) is 115 Å². The molecule has 0 saturated heterocycles. The van der Waals surface area contributed by atoms with Crippen LogP contribution >= 0.6 is 0 Å². The van der Waals surface area contributed by atoms with Gasteiger partial charge in [0.2, 0.25) is 0 Å². The van der Waals surface area contributed by atoms with E-state index < -0.39 is 0 Å². The number of furan rings is 1. The van der Waals surface area contributed by atoms with Crippen LogP contribution in [0.2, 0.25) is 0 Å². The molecule has 50 heavy (non-hydrogen) atoms. The van der Waals surface area contributed by atoms with Gasteiger partial charge in [0.1, 0.15) is 11.2 Å². The fourth-order valence-corrected chi connectivity index (χ4v) is 7.45. The largest absolute Gasteiger partial charge is 0.456 e. The van der Waals surface area contributed by atoms with Crippen molar-refractivity contribution in [3.05, 3.63) is 188 Å². The molecule has 0 fully saturated rings. The molecule has 10 aromatic rings. The van der Waals surface area contributed by atoms with Gasteiger partial charge in [-0.15, -0.1) is 0 Å². The van der Waals surface area contributed by atoms with E-state index in [9.17, 15) is 0 Å². The first-order valence-electron chi connectivity index (χ1n) is 17.1. The highest BCUT2D eigenvalue weighted by molar-refractivity contribution is 6.17. The number of hydrogen-bond acceptors (Lipinski definition) is 2. The van der Waals surface area contributed by atoms with Crippen LogP contribution < -0.4 is 4.90 Å². The normalized spacial score (nSPS) is 11.6. The summed E-state index contributed by atoms with van der Waals surface area (Å²) < 4.78 is 6.25. The monoisotopic (exact) mass is 637 g/mol. The maximum atomic E-state index is 6.25. The van der Waals surface area contributed by atoms with Crippen molar-refractivity contribution in [2.45, 2.75) is 0 Å². The minimum atomic E-state index is 0.917. The zero-order valence-electron chi connectivity index (χ0n) is 27.3. The molecule has 0 unspecified atom stereocenters. The van der Waals surface area contributed by atoms with E-state index in [1.807, 2.05) is 12.1 Å². The lowest BCUT2D eigenvalue weighted by atomic mass is 9.98. The Labute approximate surface area is 290 Å². The Kier molecular flexibility index (Phi) is 6.53. The standard InChI is InChI=1S/C48H31NO/c1-2-8-32(9-3-1)34-18-23-40(24-19-34)49(41-25-20-35(21-26-41)38-16-14-33-10-4-5-11-37(33)28-38)42-27-22-36-15-17-39-29-48-46(31-45(39)44(36)30-42)43-12-6-7-13-47(43)50-48/h1-31H. The van der Waals surface area contributed by atoms with Gasteiger partial charge in [0.25, 0.3) is 0 Å². The van der Waals surface area contributed by atoms with Gasteiger partial charge in [-0.25, -0.2) is 0 Å². The summed E-state index contributed by atoms with van der Waals surface area (Å²) in [6, 6.07) is 67.7. The molecular weight excluding hydrogens is 607 g/mol. The molecule has 0 aliphatic carbocycles. The van der Waals surface area contributed by atoms with E-state index in [1.165, 1.54) is 54.6 Å². The van der Waals surface area contributed by atoms with Crippen molar-refractivity contribution in [2.24, 2.45) is 0 Å². The van der Waals surface area contributed by atoms with Crippen molar-refractivity contribution in [1.29, 1.82) is 0 Å². The summed E-state index contributed by atoms with van der Waals surface area (Å²) >= 11 is 0. The molecule has 0 aliphatic heterocycles. The van der Waals surface area contributed by atoms with Crippen LogP contribution in [0.1, 0.15) is 0 Å². The van der Waals surface area contributed by atoms with Crippen molar-refractivity contribution < 1.29 is 4.42 Å². The Hall–Kier alpha value is -6.64. The molecule has 0 aliphatic rings. The highest BCUT2D eigenvalue weighted by Crippen LogP contribution is 2.41. The van der Waals surface area contributed by atoms with Crippen LogP contribution in [0.4, 0.5) is 17.1 Å². The van der Waals surface area contributed by atoms with Crippen molar-refractivity contribution in [3.8, 4) is 22.3 Å². The first-order valence-corrected chi connectivity index (χ1v) is 17.1. The summed E-state index contributed by atoms with van der Waals surface area (Å²) in [5, 5.41) is 9.59. The second-order valence-electron chi connectivity index (χ2n) is 13.0. The van der Waals surface area contributed by atoms with E-state index >= 15 is 0 Å². The minimum Gasteiger partial charge on any atom is -0.456 e. The van der Waals surface area contributed by atoms with Gasteiger partial charge in [0.15, 0.2) is 0 Å². The molecule has 9 aromatic carbocycles. The molecule has 2 heteroatoms. The van der Waals surface area contributed by atoms with E-state index in [-0.39, 0.29) is 0 Å². The summed E-state index contributed by atoms with van der Waals surface area (Å²) in [6.07, 6.45) is 0. The van der Waals surface area contributed by atoms with Crippen molar-refractivity contribution in [1.82, 2.24) is 0 Å². The average molecular weight is 638 g/mol. The van der Waals surface area contributed by atoms with E-state index in [4.69, 9.17) is 4.42 Å². The van der Waals surface area contributed by atoms with Gasteiger partial charge in [-0.3, -0.25) is 0 Å². The van der Waals surface area contributed by atoms with Crippen molar-refractivity contribution in [2.75, 3.05) is 4.90 Å².